The highest BCUT2D eigenvalue weighted by Gasteiger charge is 2.09. The van der Waals surface area contributed by atoms with Crippen molar-refractivity contribution in [2.45, 2.75) is 25.8 Å². The molecule has 1 aromatic carbocycles. The molecule has 2 N–H and O–H groups in total. The number of terminal acetylenes is 1. The molecule has 3 nitrogen and oxygen atoms in total. The molecule has 5 heteroatoms. The van der Waals surface area contributed by atoms with E-state index < -0.39 is 0 Å². The fourth-order valence-electron chi connectivity index (χ4n) is 1.37. The van der Waals surface area contributed by atoms with Crippen molar-refractivity contribution in [3.8, 4) is 12.3 Å². The Kier molecular flexibility index (Phi) is 5.84. The van der Waals surface area contributed by atoms with Gasteiger partial charge in [-0.1, -0.05) is 30.1 Å². The third-order valence-electron chi connectivity index (χ3n) is 2.37. The molecule has 96 valence electrons. The largest absolute Gasteiger partial charge is 0.334 e. The summed E-state index contributed by atoms with van der Waals surface area (Å²) in [5, 5.41) is 6.29. The molecule has 0 spiro atoms. The Labute approximate surface area is 117 Å². The number of carbonyl (C=O) groups is 1. The first-order chi connectivity index (χ1) is 8.56. The monoisotopic (exact) mass is 284 g/mol. The smallest absolute Gasteiger partial charge is 0.319 e. The Balaban J connectivity index is 2.59. The van der Waals surface area contributed by atoms with Gasteiger partial charge in [0.25, 0.3) is 0 Å². The summed E-state index contributed by atoms with van der Waals surface area (Å²) in [5.41, 5.74) is 0.581. The number of hydrogen-bond acceptors (Lipinski definition) is 1. The molecular formula is C13H14Cl2N2O. The number of halogens is 2. The van der Waals surface area contributed by atoms with Gasteiger partial charge in [-0.3, -0.25) is 0 Å². The van der Waals surface area contributed by atoms with Gasteiger partial charge in [-0.05, 0) is 24.6 Å². The van der Waals surface area contributed by atoms with Gasteiger partial charge in [0, 0.05) is 18.2 Å². The van der Waals surface area contributed by atoms with Crippen LogP contribution in [0.15, 0.2) is 18.2 Å². The average molecular weight is 285 g/mol. The number of benzene rings is 1. The third kappa shape index (κ3) is 4.48. The van der Waals surface area contributed by atoms with E-state index in [2.05, 4.69) is 16.6 Å². The molecule has 1 rings (SSSR count). The van der Waals surface area contributed by atoms with Crippen molar-refractivity contribution in [2.75, 3.05) is 5.32 Å². The van der Waals surface area contributed by atoms with Crippen LogP contribution < -0.4 is 10.6 Å². The van der Waals surface area contributed by atoms with Gasteiger partial charge in [0.2, 0.25) is 0 Å². The van der Waals surface area contributed by atoms with Gasteiger partial charge in [-0.25, -0.2) is 4.79 Å². The summed E-state index contributed by atoms with van der Waals surface area (Å²) in [6.07, 6.45) is 6.50. The van der Waals surface area contributed by atoms with Crippen LogP contribution in [0.3, 0.4) is 0 Å². The Bertz CT molecular complexity index is 469. The lowest BCUT2D eigenvalue weighted by Crippen LogP contribution is -2.37. The third-order valence-corrected chi connectivity index (χ3v) is 3.11. The molecule has 0 aliphatic rings. The normalized spacial score (nSPS) is 11.4. The summed E-state index contributed by atoms with van der Waals surface area (Å²) in [4.78, 5) is 11.7. The molecule has 0 aliphatic heterocycles. The van der Waals surface area contributed by atoms with Crippen LogP contribution in [0, 0.1) is 12.3 Å². The van der Waals surface area contributed by atoms with Gasteiger partial charge in [0.1, 0.15) is 0 Å². The maximum atomic E-state index is 11.7. The van der Waals surface area contributed by atoms with Gasteiger partial charge in [-0.2, -0.15) is 0 Å². The first-order valence-corrected chi connectivity index (χ1v) is 6.28. The molecular weight excluding hydrogens is 271 g/mol. The fourth-order valence-corrected chi connectivity index (χ4v) is 1.66. The van der Waals surface area contributed by atoms with Crippen LogP contribution in [-0.4, -0.2) is 12.1 Å². The van der Waals surface area contributed by atoms with Gasteiger partial charge in [0.05, 0.1) is 10.0 Å². The van der Waals surface area contributed by atoms with Crippen molar-refractivity contribution in [2.24, 2.45) is 0 Å². The Hall–Kier alpha value is -1.37. The van der Waals surface area contributed by atoms with E-state index in [1.165, 1.54) is 0 Å². The van der Waals surface area contributed by atoms with Crippen LogP contribution in [0.4, 0.5) is 10.5 Å². The van der Waals surface area contributed by atoms with E-state index in [0.717, 1.165) is 6.42 Å². The maximum absolute atomic E-state index is 11.7. The number of amides is 2. The minimum absolute atomic E-state index is 0.0298. The van der Waals surface area contributed by atoms with Crippen LogP contribution in [0.25, 0.3) is 0 Å². The van der Waals surface area contributed by atoms with Crippen LogP contribution in [0.1, 0.15) is 19.8 Å². The van der Waals surface area contributed by atoms with Crippen molar-refractivity contribution in [3.63, 3.8) is 0 Å². The Morgan fingerprint density at radius 3 is 2.72 bits per heavy atom. The molecule has 0 fully saturated rings. The Morgan fingerprint density at radius 2 is 2.17 bits per heavy atom. The minimum Gasteiger partial charge on any atom is -0.334 e. The van der Waals surface area contributed by atoms with E-state index in [1.54, 1.807) is 18.2 Å². The highest BCUT2D eigenvalue weighted by atomic mass is 35.5. The number of anilines is 1. The maximum Gasteiger partial charge on any atom is 0.319 e. The molecule has 1 aromatic rings. The zero-order valence-corrected chi connectivity index (χ0v) is 11.5. The number of carbonyl (C=O) groups excluding carboxylic acids is 1. The molecule has 0 aromatic heterocycles. The zero-order chi connectivity index (χ0) is 13.5. The Morgan fingerprint density at radius 1 is 1.44 bits per heavy atom. The second-order valence-electron chi connectivity index (χ2n) is 3.74. The highest BCUT2D eigenvalue weighted by molar-refractivity contribution is 6.42. The molecule has 0 aliphatic carbocycles. The zero-order valence-electron chi connectivity index (χ0n) is 9.97. The predicted molar refractivity (Wildman–Crippen MR) is 76.1 cm³/mol. The van der Waals surface area contributed by atoms with Gasteiger partial charge in [0.15, 0.2) is 0 Å². The van der Waals surface area contributed by atoms with E-state index in [4.69, 9.17) is 29.6 Å². The molecule has 18 heavy (non-hydrogen) atoms. The number of urea groups is 1. The van der Waals surface area contributed by atoms with Gasteiger partial charge < -0.3 is 10.6 Å². The summed E-state index contributed by atoms with van der Waals surface area (Å²) >= 11 is 11.6. The number of nitrogens with one attached hydrogen (secondary N) is 2. The van der Waals surface area contributed by atoms with E-state index in [-0.39, 0.29) is 12.1 Å². The first-order valence-electron chi connectivity index (χ1n) is 5.52. The molecule has 0 heterocycles. The van der Waals surface area contributed by atoms with Crippen molar-refractivity contribution in [3.05, 3.63) is 28.2 Å². The summed E-state index contributed by atoms with van der Waals surface area (Å²) in [5.74, 6) is 2.52. The number of hydrogen-bond donors (Lipinski definition) is 2. The van der Waals surface area contributed by atoms with Crippen LogP contribution >= 0.6 is 23.2 Å². The summed E-state index contributed by atoms with van der Waals surface area (Å²) in [6.45, 7) is 1.96. The molecule has 2 amide bonds. The average Bonchev–Trinajstić information content (AvgIpc) is 2.33. The second kappa shape index (κ2) is 7.15. The van der Waals surface area contributed by atoms with Crippen LogP contribution in [0.2, 0.25) is 10.0 Å². The topological polar surface area (TPSA) is 41.1 Å². The molecule has 1 atom stereocenters. The minimum atomic E-state index is -0.310. The van der Waals surface area contributed by atoms with Crippen molar-refractivity contribution in [1.82, 2.24) is 5.32 Å². The molecule has 0 saturated carbocycles. The second-order valence-corrected chi connectivity index (χ2v) is 4.56. The van der Waals surface area contributed by atoms with E-state index in [1.807, 2.05) is 6.92 Å². The van der Waals surface area contributed by atoms with Crippen molar-refractivity contribution >= 4 is 34.9 Å². The van der Waals surface area contributed by atoms with Gasteiger partial charge >= 0.3 is 6.03 Å². The highest BCUT2D eigenvalue weighted by Crippen LogP contribution is 2.24. The lowest BCUT2D eigenvalue weighted by atomic mass is 10.2. The van der Waals surface area contributed by atoms with E-state index in [0.29, 0.717) is 22.2 Å². The van der Waals surface area contributed by atoms with Crippen molar-refractivity contribution < 1.29 is 4.79 Å². The fraction of sp³-hybridized carbons (Fsp3) is 0.308. The summed E-state index contributed by atoms with van der Waals surface area (Å²) < 4.78 is 0. The van der Waals surface area contributed by atoms with Crippen LogP contribution in [-0.2, 0) is 0 Å². The van der Waals surface area contributed by atoms with Gasteiger partial charge in [-0.15, -0.1) is 12.3 Å². The molecule has 0 bridgehead atoms. The predicted octanol–water partition coefficient (Wildman–Crippen LogP) is 3.92. The lowest BCUT2D eigenvalue weighted by Gasteiger charge is -2.15. The number of rotatable bonds is 4. The molecule has 1 unspecified atom stereocenters. The van der Waals surface area contributed by atoms with Crippen molar-refractivity contribution in [1.29, 1.82) is 0 Å². The SMILES string of the molecule is C#CCC(CC)NC(=O)Nc1ccc(Cl)c(Cl)c1. The quantitative estimate of drug-likeness (QED) is 0.809. The summed E-state index contributed by atoms with van der Waals surface area (Å²) in [6, 6.07) is 4.55. The molecule has 0 saturated heterocycles. The van der Waals surface area contributed by atoms with Crippen LogP contribution in [0.5, 0.6) is 0 Å². The summed E-state index contributed by atoms with van der Waals surface area (Å²) in [7, 11) is 0. The van der Waals surface area contributed by atoms with E-state index >= 15 is 0 Å². The molecule has 0 radical (unpaired) electrons. The first kappa shape index (κ1) is 14.7. The lowest BCUT2D eigenvalue weighted by molar-refractivity contribution is 0.248. The van der Waals surface area contributed by atoms with E-state index in [9.17, 15) is 4.79 Å². The standard InChI is InChI=1S/C13H14Cl2N2O/c1-3-5-9(4-2)16-13(18)17-10-6-7-11(14)12(15)8-10/h1,6-9H,4-5H2,2H3,(H2,16,17,18).